The van der Waals surface area contributed by atoms with Gasteiger partial charge in [-0.15, -0.1) is 0 Å². The summed E-state index contributed by atoms with van der Waals surface area (Å²) in [5.74, 6) is 0.870. The van der Waals surface area contributed by atoms with Crippen LogP contribution >= 0.6 is 0 Å². The Hall–Kier alpha value is -1.29. The molecule has 1 saturated heterocycles. The van der Waals surface area contributed by atoms with Crippen LogP contribution in [0.5, 0.6) is 0 Å². The highest BCUT2D eigenvalue weighted by atomic mass is 16.5. The lowest BCUT2D eigenvalue weighted by Gasteiger charge is -2.20. The average Bonchev–Trinajstić information content (AvgIpc) is 2.77. The number of hydrogen-bond acceptors (Lipinski definition) is 4. The van der Waals surface area contributed by atoms with Crippen LogP contribution in [0.4, 0.5) is 11.5 Å². The molecule has 2 heterocycles. The van der Waals surface area contributed by atoms with Crippen molar-refractivity contribution in [1.29, 1.82) is 0 Å². The summed E-state index contributed by atoms with van der Waals surface area (Å²) in [4.78, 5) is 4.39. The van der Waals surface area contributed by atoms with Crippen LogP contribution in [0.3, 0.4) is 0 Å². The van der Waals surface area contributed by atoms with E-state index in [9.17, 15) is 0 Å². The number of pyridine rings is 1. The summed E-state index contributed by atoms with van der Waals surface area (Å²) in [6.07, 6.45) is 2.59. The molecule has 1 aromatic rings. The summed E-state index contributed by atoms with van der Waals surface area (Å²) in [7, 11) is 0. The number of rotatable bonds is 3. The molecule has 1 fully saturated rings. The van der Waals surface area contributed by atoms with Gasteiger partial charge in [0.2, 0.25) is 0 Å². The summed E-state index contributed by atoms with van der Waals surface area (Å²) in [6, 6.07) is 4.08. The van der Waals surface area contributed by atoms with Crippen molar-refractivity contribution in [3.63, 3.8) is 0 Å². The molecule has 0 amide bonds. The van der Waals surface area contributed by atoms with E-state index in [0.29, 0.717) is 6.10 Å². The Morgan fingerprint density at radius 1 is 1.56 bits per heavy atom. The summed E-state index contributed by atoms with van der Waals surface area (Å²) < 4.78 is 5.63. The average molecular weight is 221 g/mol. The highest BCUT2D eigenvalue weighted by Crippen LogP contribution is 2.19. The molecule has 0 aromatic carbocycles. The Kier molecular flexibility index (Phi) is 3.29. The smallest absolute Gasteiger partial charge is 0.126 e. The number of nitrogens with zero attached hydrogens (tertiary/aromatic N) is 1. The van der Waals surface area contributed by atoms with Crippen molar-refractivity contribution in [2.75, 3.05) is 17.7 Å². The van der Waals surface area contributed by atoms with Crippen molar-refractivity contribution in [3.8, 4) is 0 Å². The summed E-state index contributed by atoms with van der Waals surface area (Å²) in [6.45, 7) is 4.92. The van der Waals surface area contributed by atoms with Gasteiger partial charge in [0.1, 0.15) is 5.82 Å². The van der Waals surface area contributed by atoms with Crippen molar-refractivity contribution in [3.05, 3.63) is 17.8 Å². The lowest BCUT2D eigenvalue weighted by molar-refractivity contribution is 0.0995. The van der Waals surface area contributed by atoms with E-state index in [0.717, 1.165) is 36.6 Å². The SMILES string of the molecule is Cc1nc(NC(C)C2CCCO2)ccc1N. The fourth-order valence-electron chi connectivity index (χ4n) is 1.98. The molecule has 2 unspecified atom stereocenters. The zero-order valence-electron chi connectivity index (χ0n) is 9.86. The number of hydrogen-bond donors (Lipinski definition) is 2. The number of nitrogens with one attached hydrogen (secondary N) is 1. The summed E-state index contributed by atoms with van der Waals surface area (Å²) >= 11 is 0. The minimum Gasteiger partial charge on any atom is -0.397 e. The van der Waals surface area contributed by atoms with E-state index in [-0.39, 0.29) is 6.04 Å². The summed E-state index contributed by atoms with van der Waals surface area (Å²) in [5.41, 5.74) is 7.32. The number of ether oxygens (including phenoxy) is 1. The van der Waals surface area contributed by atoms with Crippen LogP contribution in [-0.4, -0.2) is 23.7 Å². The second kappa shape index (κ2) is 4.70. The molecule has 1 aliphatic rings. The number of nitrogens with two attached hydrogens (primary N) is 1. The van der Waals surface area contributed by atoms with Gasteiger partial charge in [-0.1, -0.05) is 0 Å². The van der Waals surface area contributed by atoms with Crippen LogP contribution < -0.4 is 11.1 Å². The van der Waals surface area contributed by atoms with Gasteiger partial charge >= 0.3 is 0 Å². The Morgan fingerprint density at radius 2 is 2.38 bits per heavy atom. The van der Waals surface area contributed by atoms with Gasteiger partial charge in [0.15, 0.2) is 0 Å². The topological polar surface area (TPSA) is 60.2 Å². The first kappa shape index (κ1) is 11.2. The fourth-order valence-corrected chi connectivity index (χ4v) is 1.98. The van der Waals surface area contributed by atoms with E-state index >= 15 is 0 Å². The van der Waals surface area contributed by atoms with Crippen molar-refractivity contribution >= 4 is 11.5 Å². The Morgan fingerprint density at radius 3 is 3.00 bits per heavy atom. The number of aromatic nitrogens is 1. The largest absolute Gasteiger partial charge is 0.397 e. The van der Waals surface area contributed by atoms with Gasteiger partial charge in [-0.2, -0.15) is 0 Å². The monoisotopic (exact) mass is 221 g/mol. The normalized spacial score (nSPS) is 22.0. The molecule has 0 radical (unpaired) electrons. The maximum absolute atomic E-state index is 5.73. The molecular weight excluding hydrogens is 202 g/mol. The first-order chi connectivity index (χ1) is 7.66. The molecule has 4 nitrogen and oxygen atoms in total. The maximum Gasteiger partial charge on any atom is 0.126 e. The molecule has 2 rings (SSSR count). The molecule has 1 aromatic heterocycles. The molecule has 1 aliphatic heterocycles. The van der Waals surface area contributed by atoms with Crippen LogP contribution in [0.15, 0.2) is 12.1 Å². The van der Waals surface area contributed by atoms with Crippen LogP contribution in [0.25, 0.3) is 0 Å². The predicted octanol–water partition coefficient (Wildman–Crippen LogP) is 1.95. The van der Waals surface area contributed by atoms with Crippen LogP contribution in [-0.2, 0) is 4.74 Å². The second-order valence-electron chi connectivity index (χ2n) is 4.36. The van der Waals surface area contributed by atoms with Crippen LogP contribution in [0.1, 0.15) is 25.5 Å². The standard InChI is InChI=1S/C12H19N3O/c1-8-10(13)5-6-12(14-8)15-9(2)11-4-3-7-16-11/h5-6,9,11H,3-4,7,13H2,1-2H3,(H,14,15). The minimum atomic E-state index is 0.290. The number of anilines is 2. The molecule has 0 bridgehead atoms. The van der Waals surface area contributed by atoms with Gasteiger partial charge in [-0.25, -0.2) is 4.98 Å². The lowest BCUT2D eigenvalue weighted by atomic mass is 10.1. The Bertz CT molecular complexity index is 361. The molecule has 4 heteroatoms. The molecule has 3 N–H and O–H groups in total. The van der Waals surface area contributed by atoms with E-state index in [1.807, 2.05) is 19.1 Å². The van der Waals surface area contributed by atoms with E-state index < -0.39 is 0 Å². The highest BCUT2D eigenvalue weighted by Gasteiger charge is 2.22. The molecular formula is C12H19N3O. The van der Waals surface area contributed by atoms with E-state index in [1.165, 1.54) is 0 Å². The Labute approximate surface area is 96.2 Å². The minimum absolute atomic E-state index is 0.290. The molecule has 0 spiro atoms. The summed E-state index contributed by atoms with van der Waals surface area (Å²) in [5, 5.41) is 3.36. The van der Waals surface area contributed by atoms with E-state index in [1.54, 1.807) is 0 Å². The van der Waals surface area contributed by atoms with Gasteiger partial charge in [0, 0.05) is 6.61 Å². The quantitative estimate of drug-likeness (QED) is 0.819. The lowest BCUT2D eigenvalue weighted by Crippen LogP contribution is -2.30. The van der Waals surface area contributed by atoms with E-state index in [4.69, 9.17) is 10.5 Å². The third kappa shape index (κ3) is 2.44. The van der Waals surface area contributed by atoms with Crippen LogP contribution in [0, 0.1) is 6.92 Å². The molecule has 0 aliphatic carbocycles. The number of nitrogen functional groups attached to an aromatic ring is 1. The van der Waals surface area contributed by atoms with Gasteiger partial charge in [0.05, 0.1) is 23.5 Å². The second-order valence-corrected chi connectivity index (χ2v) is 4.36. The maximum atomic E-state index is 5.73. The van der Waals surface area contributed by atoms with Gasteiger partial charge in [-0.3, -0.25) is 0 Å². The van der Waals surface area contributed by atoms with Crippen LogP contribution in [0.2, 0.25) is 0 Å². The fraction of sp³-hybridized carbons (Fsp3) is 0.583. The van der Waals surface area contributed by atoms with Gasteiger partial charge in [-0.05, 0) is 38.8 Å². The van der Waals surface area contributed by atoms with Crippen molar-refractivity contribution in [1.82, 2.24) is 4.98 Å². The third-order valence-corrected chi connectivity index (χ3v) is 3.02. The zero-order chi connectivity index (χ0) is 11.5. The van der Waals surface area contributed by atoms with Crippen molar-refractivity contribution in [2.24, 2.45) is 0 Å². The first-order valence-electron chi connectivity index (χ1n) is 5.78. The highest BCUT2D eigenvalue weighted by molar-refractivity contribution is 5.49. The van der Waals surface area contributed by atoms with Crippen molar-refractivity contribution < 1.29 is 4.74 Å². The number of aryl methyl sites for hydroxylation is 1. The third-order valence-electron chi connectivity index (χ3n) is 3.02. The van der Waals surface area contributed by atoms with Gasteiger partial charge in [0.25, 0.3) is 0 Å². The molecule has 88 valence electrons. The van der Waals surface area contributed by atoms with Gasteiger partial charge < -0.3 is 15.8 Å². The molecule has 16 heavy (non-hydrogen) atoms. The predicted molar refractivity (Wildman–Crippen MR) is 65.4 cm³/mol. The molecule has 0 saturated carbocycles. The van der Waals surface area contributed by atoms with Crippen molar-refractivity contribution in [2.45, 2.75) is 38.8 Å². The van der Waals surface area contributed by atoms with E-state index in [2.05, 4.69) is 17.2 Å². The zero-order valence-corrected chi connectivity index (χ0v) is 9.86. The molecule has 2 atom stereocenters. The first-order valence-corrected chi connectivity index (χ1v) is 5.78. The Balaban J connectivity index is 1.99.